The zero-order valence-corrected chi connectivity index (χ0v) is 5.20. The van der Waals surface area contributed by atoms with Gasteiger partial charge in [-0.05, 0) is 12.1 Å². The van der Waals surface area contributed by atoms with E-state index in [9.17, 15) is 4.79 Å². The van der Waals surface area contributed by atoms with Crippen LogP contribution in [0, 0.1) is 0 Å². The Kier molecular flexibility index (Phi) is 1.58. The topological polar surface area (TPSA) is 50.4 Å². The van der Waals surface area contributed by atoms with Gasteiger partial charge in [-0.2, -0.15) is 0 Å². The van der Waals surface area contributed by atoms with Crippen LogP contribution in [0.4, 0.5) is 0 Å². The van der Waals surface area contributed by atoms with Gasteiger partial charge in [-0.1, -0.05) is 6.58 Å². The van der Waals surface area contributed by atoms with Crippen LogP contribution in [0.1, 0.15) is 16.1 Å². The summed E-state index contributed by atoms with van der Waals surface area (Å²) < 4.78 is 4.78. The highest BCUT2D eigenvalue weighted by Crippen LogP contribution is 2.07. The third kappa shape index (κ3) is 1.07. The second-order valence-electron chi connectivity index (χ2n) is 1.75. The fraction of sp³-hybridized carbons (Fsp3) is 0. The quantitative estimate of drug-likeness (QED) is 0.675. The number of carbonyl (C=O) groups is 1. The normalized spacial score (nSPS) is 9.20. The highest BCUT2D eigenvalue weighted by molar-refractivity contribution is 5.87. The molecule has 0 atom stereocenters. The molecule has 0 amide bonds. The van der Waals surface area contributed by atoms with Gasteiger partial charge in [-0.15, -0.1) is 0 Å². The molecule has 1 N–H and O–H groups in total. The minimum atomic E-state index is -0.989. The third-order valence-corrected chi connectivity index (χ3v) is 1.07. The van der Waals surface area contributed by atoms with Crippen LogP contribution in [0.15, 0.2) is 23.3 Å². The van der Waals surface area contributed by atoms with Gasteiger partial charge in [0, 0.05) is 0 Å². The monoisotopic (exact) mass is 138 g/mol. The Hall–Kier alpha value is -1.51. The maximum atomic E-state index is 10.2. The Morgan fingerprint density at radius 1 is 1.80 bits per heavy atom. The SMILES string of the molecule is C=Cc1cc(C(=O)O)co1. The molecule has 3 nitrogen and oxygen atoms in total. The molecule has 0 aliphatic carbocycles. The van der Waals surface area contributed by atoms with Crippen LogP contribution in [0.3, 0.4) is 0 Å². The number of hydrogen-bond donors (Lipinski definition) is 1. The Bertz CT molecular complexity index is 260. The van der Waals surface area contributed by atoms with E-state index < -0.39 is 5.97 Å². The number of rotatable bonds is 2. The summed E-state index contributed by atoms with van der Waals surface area (Å²) in [5.74, 6) is -0.519. The number of furan rings is 1. The average molecular weight is 138 g/mol. The summed E-state index contributed by atoms with van der Waals surface area (Å²) in [5.41, 5.74) is 0.148. The number of carboxylic acids is 1. The average Bonchev–Trinajstić information content (AvgIpc) is 2.34. The van der Waals surface area contributed by atoms with Gasteiger partial charge in [-0.3, -0.25) is 0 Å². The Morgan fingerprint density at radius 3 is 2.80 bits per heavy atom. The minimum absolute atomic E-state index is 0.148. The smallest absolute Gasteiger partial charge is 0.338 e. The molecular weight excluding hydrogens is 132 g/mol. The molecule has 52 valence electrons. The number of carboxylic acid groups (broad SMARTS) is 1. The summed E-state index contributed by atoms with van der Waals surface area (Å²) in [6.07, 6.45) is 2.63. The maximum absolute atomic E-state index is 10.2. The van der Waals surface area contributed by atoms with Crippen LogP contribution in [0.25, 0.3) is 6.08 Å². The molecule has 0 aliphatic rings. The van der Waals surface area contributed by atoms with E-state index in [1.807, 2.05) is 0 Å². The lowest BCUT2D eigenvalue weighted by Gasteiger charge is -1.78. The molecule has 0 spiro atoms. The second kappa shape index (κ2) is 2.39. The zero-order chi connectivity index (χ0) is 7.56. The van der Waals surface area contributed by atoms with E-state index in [-0.39, 0.29) is 5.56 Å². The van der Waals surface area contributed by atoms with Crippen molar-refractivity contribution in [1.29, 1.82) is 0 Å². The molecule has 0 radical (unpaired) electrons. The summed E-state index contributed by atoms with van der Waals surface area (Å²) in [5, 5.41) is 8.40. The van der Waals surface area contributed by atoms with Crippen molar-refractivity contribution in [3.05, 3.63) is 30.2 Å². The number of hydrogen-bond acceptors (Lipinski definition) is 2. The molecule has 0 saturated heterocycles. The van der Waals surface area contributed by atoms with Crippen LogP contribution in [0.2, 0.25) is 0 Å². The first-order valence-electron chi connectivity index (χ1n) is 2.68. The van der Waals surface area contributed by atoms with Crippen molar-refractivity contribution in [1.82, 2.24) is 0 Å². The zero-order valence-electron chi connectivity index (χ0n) is 5.20. The van der Waals surface area contributed by atoms with Crippen molar-refractivity contribution < 1.29 is 14.3 Å². The van der Waals surface area contributed by atoms with Gasteiger partial charge in [0.1, 0.15) is 12.0 Å². The summed E-state index contributed by atoms with van der Waals surface area (Å²) in [4.78, 5) is 10.2. The molecule has 0 aromatic carbocycles. The van der Waals surface area contributed by atoms with E-state index in [4.69, 9.17) is 9.52 Å². The first-order chi connectivity index (χ1) is 4.74. The molecule has 0 aliphatic heterocycles. The van der Waals surface area contributed by atoms with Crippen LogP contribution >= 0.6 is 0 Å². The van der Waals surface area contributed by atoms with Gasteiger partial charge in [0.05, 0.1) is 5.56 Å². The molecular formula is C7H6O3. The van der Waals surface area contributed by atoms with Gasteiger partial charge in [0.15, 0.2) is 0 Å². The fourth-order valence-corrected chi connectivity index (χ4v) is 0.572. The summed E-state index contributed by atoms with van der Waals surface area (Å²) in [7, 11) is 0. The Morgan fingerprint density at radius 2 is 2.50 bits per heavy atom. The molecule has 3 heteroatoms. The van der Waals surface area contributed by atoms with Gasteiger partial charge >= 0.3 is 5.97 Å². The standard InChI is InChI=1S/C7H6O3/c1-2-6-3-5(4-10-6)7(8)9/h2-4H,1H2,(H,8,9). The van der Waals surface area contributed by atoms with Crippen molar-refractivity contribution >= 4 is 12.0 Å². The predicted octanol–water partition coefficient (Wildman–Crippen LogP) is 1.62. The summed E-state index contributed by atoms with van der Waals surface area (Å²) >= 11 is 0. The Balaban J connectivity index is 2.98. The van der Waals surface area contributed by atoms with Crippen LogP contribution in [-0.4, -0.2) is 11.1 Å². The summed E-state index contributed by atoms with van der Waals surface area (Å²) in [6, 6.07) is 1.41. The largest absolute Gasteiger partial charge is 0.478 e. The molecule has 1 rings (SSSR count). The fourth-order valence-electron chi connectivity index (χ4n) is 0.572. The van der Waals surface area contributed by atoms with Crippen LogP contribution in [0.5, 0.6) is 0 Å². The number of aromatic carboxylic acids is 1. The van der Waals surface area contributed by atoms with Crippen LogP contribution < -0.4 is 0 Å². The lowest BCUT2D eigenvalue weighted by atomic mass is 10.3. The van der Waals surface area contributed by atoms with E-state index in [0.29, 0.717) is 5.76 Å². The van der Waals surface area contributed by atoms with E-state index in [1.165, 1.54) is 18.4 Å². The molecule has 10 heavy (non-hydrogen) atoms. The summed E-state index contributed by atoms with van der Waals surface area (Å²) in [6.45, 7) is 3.42. The van der Waals surface area contributed by atoms with Gasteiger partial charge in [-0.25, -0.2) is 4.79 Å². The molecule has 0 bridgehead atoms. The van der Waals surface area contributed by atoms with Gasteiger partial charge in [0.2, 0.25) is 0 Å². The van der Waals surface area contributed by atoms with E-state index in [2.05, 4.69) is 6.58 Å². The Labute approximate surface area is 57.6 Å². The predicted molar refractivity (Wildman–Crippen MR) is 35.8 cm³/mol. The molecule has 0 saturated carbocycles. The first-order valence-corrected chi connectivity index (χ1v) is 2.68. The van der Waals surface area contributed by atoms with E-state index in [0.717, 1.165) is 0 Å². The van der Waals surface area contributed by atoms with Crippen molar-refractivity contribution in [2.45, 2.75) is 0 Å². The second-order valence-corrected chi connectivity index (χ2v) is 1.75. The van der Waals surface area contributed by atoms with Crippen LogP contribution in [-0.2, 0) is 0 Å². The van der Waals surface area contributed by atoms with Crippen molar-refractivity contribution in [3.8, 4) is 0 Å². The molecule has 1 aromatic heterocycles. The van der Waals surface area contributed by atoms with E-state index in [1.54, 1.807) is 0 Å². The van der Waals surface area contributed by atoms with Crippen molar-refractivity contribution in [2.75, 3.05) is 0 Å². The van der Waals surface area contributed by atoms with Crippen molar-refractivity contribution in [3.63, 3.8) is 0 Å². The van der Waals surface area contributed by atoms with E-state index >= 15 is 0 Å². The lowest BCUT2D eigenvalue weighted by molar-refractivity contribution is 0.0696. The highest BCUT2D eigenvalue weighted by Gasteiger charge is 2.04. The van der Waals surface area contributed by atoms with Crippen molar-refractivity contribution in [2.24, 2.45) is 0 Å². The highest BCUT2D eigenvalue weighted by atomic mass is 16.4. The third-order valence-electron chi connectivity index (χ3n) is 1.07. The maximum Gasteiger partial charge on any atom is 0.338 e. The molecule has 0 fully saturated rings. The first kappa shape index (κ1) is 6.61. The molecule has 1 aromatic rings. The van der Waals surface area contributed by atoms with Gasteiger partial charge in [0.25, 0.3) is 0 Å². The molecule has 1 heterocycles. The minimum Gasteiger partial charge on any atom is -0.478 e. The molecule has 0 unspecified atom stereocenters. The van der Waals surface area contributed by atoms with Gasteiger partial charge < -0.3 is 9.52 Å². The lowest BCUT2D eigenvalue weighted by Crippen LogP contribution is -1.91.